The molecule has 2 rings (SSSR count). The lowest BCUT2D eigenvalue weighted by molar-refractivity contribution is -0.141. The Morgan fingerprint density at radius 3 is 2.56 bits per heavy atom. The number of hydrogen-bond donors (Lipinski definition) is 1. The maximum atomic E-state index is 12.8. The lowest BCUT2D eigenvalue weighted by Gasteiger charge is -2.11. The normalized spacial score (nSPS) is 22.9. The molecule has 0 fully saturated rings. The summed E-state index contributed by atoms with van der Waals surface area (Å²) >= 11 is 0. The van der Waals surface area contributed by atoms with E-state index < -0.39 is 6.67 Å². The fourth-order valence-electron chi connectivity index (χ4n) is 2.11. The summed E-state index contributed by atoms with van der Waals surface area (Å²) in [5, 5.41) is 3.10. The number of alkyl halides is 1. The largest absolute Gasteiger partial charge is 0.469 e. The molecule has 4 heteroatoms. The number of esters is 1. The molecule has 1 aromatic carbocycles. The van der Waals surface area contributed by atoms with Crippen LogP contribution in [-0.4, -0.2) is 19.8 Å². The summed E-state index contributed by atoms with van der Waals surface area (Å²) in [6, 6.07) is 7.15. The molecule has 1 N–H and O–H groups in total. The van der Waals surface area contributed by atoms with Gasteiger partial charge in [0, 0.05) is 6.04 Å². The molecule has 2 atom stereocenters. The van der Waals surface area contributed by atoms with E-state index in [1.165, 1.54) is 7.11 Å². The minimum absolute atomic E-state index is 0.135. The fourth-order valence-corrected chi connectivity index (χ4v) is 2.11. The van der Waals surface area contributed by atoms with Crippen molar-refractivity contribution >= 4 is 5.97 Å². The summed E-state index contributed by atoms with van der Waals surface area (Å²) in [5.74, 6) is -0.285. The van der Waals surface area contributed by atoms with Crippen molar-refractivity contribution in [1.82, 2.24) is 5.32 Å². The van der Waals surface area contributed by atoms with Crippen molar-refractivity contribution in [2.45, 2.75) is 18.5 Å². The standard InChI is InChI=1S/C12H14FNO2/c1-16-12(15)6-10-8-4-2-3-5-9(8)11(7-13)14-10/h2-5,10-11,14H,6-7H2,1H3/t10-,11+/m0/s1. The number of benzene rings is 1. The Kier molecular flexibility index (Phi) is 3.19. The molecule has 0 bridgehead atoms. The summed E-state index contributed by atoms with van der Waals surface area (Å²) < 4.78 is 17.4. The zero-order chi connectivity index (χ0) is 11.5. The first kappa shape index (κ1) is 11.1. The molecule has 0 spiro atoms. The van der Waals surface area contributed by atoms with Crippen LogP contribution in [0.15, 0.2) is 24.3 Å². The Bertz CT molecular complexity index is 394. The third-order valence-corrected chi connectivity index (χ3v) is 2.90. The van der Waals surface area contributed by atoms with E-state index >= 15 is 0 Å². The van der Waals surface area contributed by atoms with E-state index in [0.717, 1.165) is 11.1 Å². The number of carbonyl (C=O) groups excluding carboxylic acids is 1. The van der Waals surface area contributed by atoms with Crippen molar-refractivity contribution in [3.8, 4) is 0 Å². The average molecular weight is 223 g/mol. The molecule has 0 saturated heterocycles. The number of ether oxygens (including phenoxy) is 1. The van der Waals surface area contributed by atoms with E-state index in [1.807, 2.05) is 24.3 Å². The molecule has 0 aromatic heterocycles. The Balaban J connectivity index is 2.22. The lowest BCUT2D eigenvalue weighted by atomic mass is 10.0. The second-order valence-electron chi connectivity index (χ2n) is 3.84. The summed E-state index contributed by atoms with van der Waals surface area (Å²) in [5.41, 5.74) is 1.94. The van der Waals surface area contributed by atoms with Gasteiger partial charge in [0.1, 0.15) is 6.67 Å². The van der Waals surface area contributed by atoms with Crippen molar-refractivity contribution in [3.05, 3.63) is 35.4 Å². The van der Waals surface area contributed by atoms with Crippen molar-refractivity contribution in [1.29, 1.82) is 0 Å². The summed E-state index contributed by atoms with van der Waals surface area (Å²) in [7, 11) is 1.36. The van der Waals surface area contributed by atoms with Crippen molar-refractivity contribution in [3.63, 3.8) is 0 Å². The third-order valence-electron chi connectivity index (χ3n) is 2.90. The minimum atomic E-state index is -0.464. The van der Waals surface area contributed by atoms with Gasteiger partial charge in [-0.3, -0.25) is 4.79 Å². The van der Waals surface area contributed by atoms with E-state index in [4.69, 9.17) is 0 Å². The smallest absolute Gasteiger partial charge is 0.307 e. The molecule has 1 heterocycles. The van der Waals surface area contributed by atoms with E-state index in [1.54, 1.807) is 0 Å². The van der Waals surface area contributed by atoms with Crippen LogP contribution in [0.4, 0.5) is 4.39 Å². The first-order chi connectivity index (χ1) is 7.76. The van der Waals surface area contributed by atoms with Crippen LogP contribution in [0.2, 0.25) is 0 Å². The maximum Gasteiger partial charge on any atom is 0.307 e. The van der Waals surface area contributed by atoms with Crippen LogP contribution in [0.25, 0.3) is 0 Å². The van der Waals surface area contributed by atoms with Crippen LogP contribution in [0.3, 0.4) is 0 Å². The second-order valence-corrected chi connectivity index (χ2v) is 3.84. The molecule has 0 radical (unpaired) electrons. The SMILES string of the molecule is COC(=O)C[C@@H]1N[C@H](CF)c2ccccc21. The first-order valence-corrected chi connectivity index (χ1v) is 5.24. The van der Waals surface area contributed by atoms with Crippen LogP contribution in [0, 0.1) is 0 Å². The molecule has 0 unspecified atom stereocenters. The third kappa shape index (κ3) is 1.93. The van der Waals surface area contributed by atoms with Crippen LogP contribution in [0.5, 0.6) is 0 Å². The van der Waals surface area contributed by atoms with Gasteiger partial charge >= 0.3 is 5.97 Å². The Hall–Kier alpha value is -1.42. The highest BCUT2D eigenvalue weighted by Crippen LogP contribution is 2.34. The number of fused-ring (bicyclic) bond motifs is 1. The van der Waals surface area contributed by atoms with Crippen LogP contribution in [0.1, 0.15) is 29.6 Å². The molecule has 1 aromatic rings. The Labute approximate surface area is 93.6 Å². The molecule has 0 aliphatic carbocycles. The zero-order valence-electron chi connectivity index (χ0n) is 9.07. The van der Waals surface area contributed by atoms with Gasteiger partial charge in [-0.15, -0.1) is 0 Å². The zero-order valence-corrected chi connectivity index (χ0v) is 9.07. The van der Waals surface area contributed by atoms with E-state index in [-0.39, 0.29) is 24.5 Å². The first-order valence-electron chi connectivity index (χ1n) is 5.24. The van der Waals surface area contributed by atoms with E-state index in [9.17, 15) is 9.18 Å². The molecule has 1 aliphatic rings. The molecule has 86 valence electrons. The highest BCUT2D eigenvalue weighted by molar-refractivity contribution is 5.70. The van der Waals surface area contributed by atoms with Gasteiger partial charge in [0.15, 0.2) is 0 Å². The van der Waals surface area contributed by atoms with Crippen LogP contribution >= 0.6 is 0 Å². The maximum absolute atomic E-state index is 12.8. The highest BCUT2D eigenvalue weighted by atomic mass is 19.1. The molecule has 16 heavy (non-hydrogen) atoms. The molecule has 0 saturated carbocycles. The van der Waals surface area contributed by atoms with Gasteiger partial charge in [0.05, 0.1) is 19.6 Å². The summed E-state index contributed by atoms with van der Waals surface area (Å²) in [6.07, 6.45) is 0.240. The van der Waals surface area contributed by atoms with E-state index in [0.29, 0.717) is 0 Å². The topological polar surface area (TPSA) is 38.3 Å². The van der Waals surface area contributed by atoms with Crippen LogP contribution in [-0.2, 0) is 9.53 Å². The average Bonchev–Trinajstić information content (AvgIpc) is 2.68. The number of carbonyl (C=O) groups is 1. The van der Waals surface area contributed by atoms with Gasteiger partial charge < -0.3 is 10.1 Å². The molecule has 3 nitrogen and oxygen atoms in total. The van der Waals surface area contributed by atoms with Crippen molar-refractivity contribution in [2.24, 2.45) is 0 Å². The molecular weight excluding hydrogens is 209 g/mol. The monoisotopic (exact) mass is 223 g/mol. The number of methoxy groups -OCH3 is 1. The minimum Gasteiger partial charge on any atom is -0.469 e. The summed E-state index contributed by atoms with van der Waals surface area (Å²) in [6.45, 7) is -0.464. The predicted molar refractivity (Wildman–Crippen MR) is 57.7 cm³/mol. The quantitative estimate of drug-likeness (QED) is 0.795. The number of hydrogen-bond acceptors (Lipinski definition) is 3. The highest BCUT2D eigenvalue weighted by Gasteiger charge is 2.31. The van der Waals surface area contributed by atoms with E-state index in [2.05, 4.69) is 10.1 Å². The Morgan fingerprint density at radius 2 is 2.00 bits per heavy atom. The number of rotatable bonds is 3. The van der Waals surface area contributed by atoms with Gasteiger partial charge in [0.2, 0.25) is 0 Å². The van der Waals surface area contributed by atoms with Crippen molar-refractivity contribution < 1.29 is 13.9 Å². The van der Waals surface area contributed by atoms with Gasteiger partial charge in [-0.2, -0.15) is 0 Å². The molecule has 1 aliphatic heterocycles. The predicted octanol–water partition coefficient (Wildman–Crippen LogP) is 1.90. The lowest BCUT2D eigenvalue weighted by Crippen LogP contribution is -2.21. The van der Waals surface area contributed by atoms with Gasteiger partial charge in [0.25, 0.3) is 0 Å². The van der Waals surface area contributed by atoms with Gasteiger partial charge in [-0.25, -0.2) is 4.39 Å². The van der Waals surface area contributed by atoms with Gasteiger partial charge in [-0.05, 0) is 11.1 Å². The number of nitrogens with one attached hydrogen (secondary N) is 1. The van der Waals surface area contributed by atoms with Gasteiger partial charge in [-0.1, -0.05) is 24.3 Å². The second kappa shape index (κ2) is 4.61. The Morgan fingerprint density at radius 1 is 1.38 bits per heavy atom. The molecule has 0 amide bonds. The van der Waals surface area contributed by atoms with Crippen LogP contribution < -0.4 is 5.32 Å². The number of halogens is 1. The molecular formula is C12H14FNO2. The van der Waals surface area contributed by atoms with Crippen molar-refractivity contribution in [2.75, 3.05) is 13.8 Å². The summed E-state index contributed by atoms with van der Waals surface area (Å²) in [4.78, 5) is 11.2. The fraction of sp³-hybridized carbons (Fsp3) is 0.417.